The molecule has 2 aromatic carbocycles. The number of benzene rings is 2. The van der Waals surface area contributed by atoms with E-state index in [1.165, 1.54) is 7.11 Å². The molecular weight excluding hydrogens is 508 g/mol. The summed E-state index contributed by atoms with van der Waals surface area (Å²) in [4.78, 5) is 16.5. The maximum atomic E-state index is 11.4. The number of thiocarbonyl (C=S) groups is 1. The fourth-order valence-corrected chi connectivity index (χ4v) is 5.89. The standard InChI is InChI=1S/C25H25ClN2O5S2/c1-30-19-6-4-5-16(23(19)32-3)24-17-11-14(26)7-9-18(17)28-25(34)20(35-24)12-21-27-13-15(33-21)8-10-22(29)31-2/h4-7,9,11,13,20,24H,8,10,12H2,1-3H3,(H,28,34). The maximum absolute atomic E-state index is 11.4. The second-order valence-electron chi connectivity index (χ2n) is 7.81. The lowest BCUT2D eigenvalue weighted by Gasteiger charge is -2.23. The van der Waals surface area contributed by atoms with Crippen LogP contribution in [0.4, 0.5) is 5.69 Å². The van der Waals surface area contributed by atoms with Gasteiger partial charge in [0.1, 0.15) is 5.76 Å². The summed E-state index contributed by atoms with van der Waals surface area (Å²) in [6, 6.07) is 11.5. The first-order chi connectivity index (χ1) is 16.9. The van der Waals surface area contributed by atoms with E-state index in [1.54, 1.807) is 32.2 Å². The van der Waals surface area contributed by atoms with Crippen LogP contribution in [0.5, 0.6) is 11.5 Å². The molecule has 0 aliphatic carbocycles. The van der Waals surface area contributed by atoms with Gasteiger partial charge in [-0.25, -0.2) is 4.98 Å². The number of ether oxygens (including phenoxy) is 3. The molecule has 1 aromatic heterocycles. The highest BCUT2D eigenvalue weighted by atomic mass is 35.5. The number of carbonyl (C=O) groups is 1. The SMILES string of the molecule is COC(=O)CCc1cnc(CC2SC(c3cccc(OC)c3OC)c3cc(Cl)ccc3NC2=S)o1. The van der Waals surface area contributed by atoms with Crippen LogP contribution >= 0.6 is 35.6 Å². The quantitative estimate of drug-likeness (QED) is 0.293. The molecule has 4 rings (SSSR count). The third-order valence-electron chi connectivity index (χ3n) is 5.63. The number of methoxy groups -OCH3 is 3. The zero-order chi connectivity index (χ0) is 24.9. The molecule has 0 spiro atoms. The van der Waals surface area contributed by atoms with Crippen molar-refractivity contribution in [2.75, 3.05) is 26.6 Å². The largest absolute Gasteiger partial charge is 0.493 e. The molecule has 2 heterocycles. The van der Waals surface area contributed by atoms with Gasteiger partial charge in [0.15, 0.2) is 17.4 Å². The number of carbonyl (C=O) groups excluding carboxylic acids is 1. The molecule has 3 aromatic rings. The van der Waals surface area contributed by atoms with Gasteiger partial charge in [-0.2, -0.15) is 0 Å². The van der Waals surface area contributed by atoms with Crippen molar-refractivity contribution in [3.8, 4) is 11.5 Å². The summed E-state index contributed by atoms with van der Waals surface area (Å²) in [7, 11) is 4.61. The zero-order valence-corrected chi connectivity index (χ0v) is 21.9. The number of hydrogen-bond acceptors (Lipinski definition) is 8. The highest BCUT2D eigenvalue weighted by Crippen LogP contribution is 2.50. The average Bonchev–Trinajstić information content (AvgIpc) is 3.27. The molecular formula is C25H25ClN2O5S2. The Morgan fingerprint density at radius 3 is 2.77 bits per heavy atom. The van der Waals surface area contributed by atoms with Crippen molar-refractivity contribution < 1.29 is 23.4 Å². The Morgan fingerprint density at radius 1 is 1.20 bits per heavy atom. The second-order valence-corrected chi connectivity index (χ2v) is 10.00. The lowest BCUT2D eigenvalue weighted by molar-refractivity contribution is -0.140. The molecule has 7 nitrogen and oxygen atoms in total. The number of hydrogen-bond donors (Lipinski definition) is 1. The number of esters is 1. The van der Waals surface area contributed by atoms with E-state index < -0.39 is 0 Å². The minimum Gasteiger partial charge on any atom is -0.493 e. The Bertz CT molecular complexity index is 1230. The number of nitrogens with one attached hydrogen (secondary N) is 1. The van der Waals surface area contributed by atoms with Crippen LogP contribution in [0, 0.1) is 0 Å². The molecule has 0 saturated carbocycles. The van der Waals surface area contributed by atoms with Gasteiger partial charge < -0.3 is 23.9 Å². The molecule has 0 bridgehead atoms. The molecule has 0 amide bonds. The number of rotatable bonds is 8. The summed E-state index contributed by atoms with van der Waals surface area (Å²) in [5.74, 6) is 2.19. The summed E-state index contributed by atoms with van der Waals surface area (Å²) < 4.78 is 21.9. The van der Waals surface area contributed by atoms with Crippen molar-refractivity contribution in [2.45, 2.75) is 29.8 Å². The van der Waals surface area contributed by atoms with Gasteiger partial charge in [-0.05, 0) is 29.8 Å². The van der Waals surface area contributed by atoms with Gasteiger partial charge in [-0.1, -0.05) is 36.0 Å². The summed E-state index contributed by atoms with van der Waals surface area (Å²) in [6.45, 7) is 0. The van der Waals surface area contributed by atoms with Crippen molar-refractivity contribution in [3.63, 3.8) is 0 Å². The predicted octanol–water partition coefficient (Wildman–Crippen LogP) is 5.64. The predicted molar refractivity (Wildman–Crippen MR) is 141 cm³/mol. The van der Waals surface area contributed by atoms with Crippen LogP contribution in [0.1, 0.15) is 34.4 Å². The van der Waals surface area contributed by atoms with E-state index in [4.69, 9.17) is 42.4 Å². The maximum Gasteiger partial charge on any atom is 0.305 e. The number of para-hydroxylation sites is 1. The molecule has 2 atom stereocenters. The van der Waals surface area contributed by atoms with E-state index in [9.17, 15) is 4.79 Å². The molecule has 2 unspecified atom stereocenters. The van der Waals surface area contributed by atoms with E-state index in [0.717, 1.165) is 16.8 Å². The second kappa shape index (κ2) is 11.3. The van der Waals surface area contributed by atoms with Crippen LogP contribution in [0.2, 0.25) is 5.02 Å². The number of halogens is 1. The fourth-order valence-electron chi connectivity index (χ4n) is 3.92. The first kappa shape index (κ1) is 25.3. The lowest BCUT2D eigenvalue weighted by atomic mass is 10.0. The van der Waals surface area contributed by atoms with E-state index in [2.05, 4.69) is 10.3 Å². The van der Waals surface area contributed by atoms with Crippen molar-refractivity contribution in [2.24, 2.45) is 0 Å². The third kappa shape index (κ3) is 5.74. The van der Waals surface area contributed by atoms with Crippen molar-refractivity contribution in [3.05, 3.63) is 70.4 Å². The van der Waals surface area contributed by atoms with Gasteiger partial charge in [0.2, 0.25) is 0 Å². The molecule has 0 saturated heterocycles. The number of fused-ring (bicyclic) bond motifs is 1. The fraction of sp³-hybridized carbons (Fsp3) is 0.320. The normalized spacial score (nSPS) is 17.2. The van der Waals surface area contributed by atoms with E-state index in [1.807, 2.05) is 36.4 Å². The number of thioether (sulfide) groups is 1. The molecule has 0 fully saturated rings. The molecule has 1 aliphatic heterocycles. The van der Waals surface area contributed by atoms with E-state index in [0.29, 0.717) is 46.0 Å². The van der Waals surface area contributed by atoms with Gasteiger partial charge in [0.25, 0.3) is 0 Å². The Kier molecular flexibility index (Phi) is 8.20. The van der Waals surface area contributed by atoms with Crippen molar-refractivity contribution in [1.29, 1.82) is 0 Å². The summed E-state index contributed by atoms with van der Waals surface area (Å²) >= 11 is 13.9. The van der Waals surface area contributed by atoms with Gasteiger partial charge >= 0.3 is 5.97 Å². The highest BCUT2D eigenvalue weighted by Gasteiger charge is 2.33. The smallest absolute Gasteiger partial charge is 0.305 e. The Morgan fingerprint density at radius 2 is 2.03 bits per heavy atom. The van der Waals surface area contributed by atoms with Gasteiger partial charge in [-0.3, -0.25) is 4.79 Å². The van der Waals surface area contributed by atoms with E-state index in [-0.39, 0.29) is 22.9 Å². The molecule has 10 heteroatoms. The van der Waals surface area contributed by atoms with Gasteiger partial charge in [0.05, 0.1) is 49.4 Å². The van der Waals surface area contributed by atoms with Gasteiger partial charge in [-0.15, -0.1) is 11.8 Å². The Balaban J connectivity index is 1.67. The number of oxazole rings is 1. The first-order valence-corrected chi connectivity index (χ1v) is 12.6. The van der Waals surface area contributed by atoms with Crippen molar-refractivity contribution >= 4 is 52.2 Å². The van der Waals surface area contributed by atoms with E-state index >= 15 is 0 Å². The van der Waals surface area contributed by atoms with Crippen LogP contribution in [0.25, 0.3) is 0 Å². The topological polar surface area (TPSA) is 82.8 Å². The van der Waals surface area contributed by atoms with Crippen LogP contribution < -0.4 is 14.8 Å². The monoisotopic (exact) mass is 532 g/mol. The molecule has 1 aliphatic rings. The average molecular weight is 533 g/mol. The third-order valence-corrected chi connectivity index (χ3v) is 7.91. The Hall–Kier alpha value is -2.75. The minimum atomic E-state index is -0.292. The van der Waals surface area contributed by atoms with Crippen LogP contribution in [-0.4, -0.2) is 42.5 Å². The van der Waals surface area contributed by atoms with Gasteiger partial charge in [0, 0.05) is 29.1 Å². The number of aryl methyl sites for hydroxylation is 1. The molecule has 35 heavy (non-hydrogen) atoms. The van der Waals surface area contributed by atoms with Crippen LogP contribution in [0.3, 0.4) is 0 Å². The lowest BCUT2D eigenvalue weighted by Crippen LogP contribution is -2.24. The molecule has 184 valence electrons. The minimum absolute atomic E-state index is 0.149. The highest BCUT2D eigenvalue weighted by molar-refractivity contribution is 8.02. The Labute approximate surface area is 218 Å². The summed E-state index contributed by atoms with van der Waals surface area (Å²) in [5.41, 5.74) is 2.82. The summed E-state index contributed by atoms with van der Waals surface area (Å²) in [5, 5.41) is 3.72. The summed E-state index contributed by atoms with van der Waals surface area (Å²) in [6.07, 6.45) is 2.78. The molecule has 1 N–H and O–H groups in total. The van der Waals surface area contributed by atoms with Crippen LogP contribution in [0.15, 0.2) is 47.0 Å². The molecule has 0 radical (unpaired) electrons. The number of anilines is 1. The number of aromatic nitrogens is 1. The number of nitrogens with zero attached hydrogens (tertiary/aromatic N) is 1. The van der Waals surface area contributed by atoms with Crippen LogP contribution in [-0.2, 0) is 22.4 Å². The van der Waals surface area contributed by atoms with Crippen molar-refractivity contribution in [1.82, 2.24) is 4.98 Å². The zero-order valence-electron chi connectivity index (χ0n) is 19.5. The first-order valence-electron chi connectivity index (χ1n) is 10.9.